The first-order valence-electron chi connectivity index (χ1n) is 6.62. The molecule has 0 radical (unpaired) electrons. The average molecular weight is 261 g/mol. The Balaban J connectivity index is 2.15. The van der Waals surface area contributed by atoms with Gasteiger partial charge in [0.1, 0.15) is 0 Å². The van der Waals surface area contributed by atoms with Gasteiger partial charge in [-0.1, -0.05) is 13.8 Å². The van der Waals surface area contributed by atoms with Gasteiger partial charge in [-0.15, -0.1) is 0 Å². The Hall–Kier alpha value is -1.88. The Bertz CT molecular complexity index is 573. The van der Waals surface area contributed by atoms with Gasteiger partial charge in [-0.3, -0.25) is 10.1 Å². The second kappa shape index (κ2) is 5.84. The van der Waals surface area contributed by atoms with E-state index in [2.05, 4.69) is 29.8 Å². The summed E-state index contributed by atoms with van der Waals surface area (Å²) in [5.74, 6) is 0. The van der Waals surface area contributed by atoms with E-state index in [-0.39, 0.29) is 10.6 Å². The number of rotatable bonds is 6. The van der Waals surface area contributed by atoms with Crippen LogP contribution in [0, 0.1) is 10.1 Å². The summed E-state index contributed by atoms with van der Waals surface area (Å²) in [6.07, 6.45) is 0.935. The molecule has 0 saturated heterocycles. The monoisotopic (exact) mass is 261 g/mol. The molecule has 19 heavy (non-hydrogen) atoms. The van der Waals surface area contributed by atoms with Crippen molar-refractivity contribution in [3.8, 4) is 0 Å². The number of nitro benzene ring substituents is 1. The number of likely N-dealkylation sites (N-methyl/N-ethyl adjacent to an activating group) is 1. The standard InChI is InChI=1S/C14H19N3O2/c1-3-16(4-2)8-7-12-9-11-5-6-13(17(18)19)10-14(11)15-12/h5-6,9-10,15H,3-4,7-8H2,1-2H3. The van der Waals surface area contributed by atoms with Gasteiger partial charge in [-0.2, -0.15) is 0 Å². The number of hydrogen-bond donors (Lipinski definition) is 1. The third-order valence-corrected chi connectivity index (χ3v) is 3.46. The Kier molecular flexibility index (Phi) is 4.16. The molecule has 0 aliphatic heterocycles. The maximum Gasteiger partial charge on any atom is 0.271 e. The second-order valence-corrected chi connectivity index (χ2v) is 4.60. The summed E-state index contributed by atoms with van der Waals surface area (Å²) in [6, 6.07) is 7.01. The molecule has 0 aliphatic rings. The van der Waals surface area contributed by atoms with Crippen LogP contribution in [0.3, 0.4) is 0 Å². The lowest BCUT2D eigenvalue weighted by atomic mass is 10.2. The molecular weight excluding hydrogens is 242 g/mol. The van der Waals surface area contributed by atoms with Crippen molar-refractivity contribution in [2.75, 3.05) is 19.6 Å². The molecule has 0 bridgehead atoms. The molecule has 2 rings (SSSR count). The highest BCUT2D eigenvalue weighted by Crippen LogP contribution is 2.21. The number of H-pyrrole nitrogens is 1. The highest BCUT2D eigenvalue weighted by atomic mass is 16.6. The summed E-state index contributed by atoms with van der Waals surface area (Å²) >= 11 is 0. The van der Waals surface area contributed by atoms with Crippen molar-refractivity contribution in [3.63, 3.8) is 0 Å². The Morgan fingerprint density at radius 2 is 2.00 bits per heavy atom. The van der Waals surface area contributed by atoms with Gasteiger partial charge in [0.25, 0.3) is 5.69 Å². The first-order chi connectivity index (χ1) is 9.13. The zero-order valence-corrected chi connectivity index (χ0v) is 11.3. The van der Waals surface area contributed by atoms with Gasteiger partial charge in [0, 0.05) is 36.2 Å². The lowest BCUT2D eigenvalue weighted by molar-refractivity contribution is -0.384. The Morgan fingerprint density at radius 1 is 1.26 bits per heavy atom. The molecule has 1 aromatic heterocycles. The van der Waals surface area contributed by atoms with Crippen molar-refractivity contribution in [1.82, 2.24) is 9.88 Å². The number of fused-ring (bicyclic) bond motifs is 1. The van der Waals surface area contributed by atoms with Crippen LogP contribution in [0.4, 0.5) is 5.69 Å². The summed E-state index contributed by atoms with van der Waals surface area (Å²) in [4.78, 5) is 16.0. The molecule has 0 atom stereocenters. The molecule has 102 valence electrons. The van der Waals surface area contributed by atoms with Gasteiger partial charge in [-0.25, -0.2) is 0 Å². The number of nitrogens with one attached hydrogen (secondary N) is 1. The first kappa shape index (κ1) is 13.5. The van der Waals surface area contributed by atoms with Crippen LogP contribution in [0.15, 0.2) is 24.3 Å². The van der Waals surface area contributed by atoms with Crippen LogP contribution in [0.5, 0.6) is 0 Å². The van der Waals surface area contributed by atoms with Gasteiger partial charge in [-0.05, 0) is 25.2 Å². The molecule has 5 heteroatoms. The molecule has 0 saturated carbocycles. The molecule has 0 spiro atoms. The Morgan fingerprint density at radius 3 is 2.63 bits per heavy atom. The van der Waals surface area contributed by atoms with Crippen LogP contribution in [0.1, 0.15) is 19.5 Å². The van der Waals surface area contributed by atoms with Gasteiger partial charge < -0.3 is 9.88 Å². The zero-order chi connectivity index (χ0) is 13.8. The number of aromatic amines is 1. The summed E-state index contributed by atoms with van der Waals surface area (Å²) in [7, 11) is 0. The van der Waals surface area contributed by atoms with Crippen LogP contribution in [0.2, 0.25) is 0 Å². The van der Waals surface area contributed by atoms with Gasteiger partial charge in [0.15, 0.2) is 0 Å². The third-order valence-electron chi connectivity index (χ3n) is 3.46. The van der Waals surface area contributed by atoms with E-state index in [9.17, 15) is 10.1 Å². The predicted molar refractivity (Wildman–Crippen MR) is 76.4 cm³/mol. The van der Waals surface area contributed by atoms with Crippen LogP contribution in [0.25, 0.3) is 10.9 Å². The number of non-ortho nitro benzene ring substituents is 1. The van der Waals surface area contributed by atoms with Crippen molar-refractivity contribution in [2.24, 2.45) is 0 Å². The van der Waals surface area contributed by atoms with Gasteiger partial charge >= 0.3 is 0 Å². The van der Waals surface area contributed by atoms with E-state index in [4.69, 9.17) is 0 Å². The topological polar surface area (TPSA) is 62.2 Å². The van der Waals surface area contributed by atoms with E-state index in [0.717, 1.165) is 42.7 Å². The molecule has 0 amide bonds. The largest absolute Gasteiger partial charge is 0.358 e. The molecule has 1 N–H and O–H groups in total. The molecule has 0 aliphatic carbocycles. The van der Waals surface area contributed by atoms with Crippen molar-refractivity contribution in [3.05, 3.63) is 40.1 Å². The minimum Gasteiger partial charge on any atom is -0.358 e. The molecule has 0 fully saturated rings. The van der Waals surface area contributed by atoms with E-state index >= 15 is 0 Å². The number of aromatic nitrogens is 1. The van der Waals surface area contributed by atoms with Crippen LogP contribution < -0.4 is 0 Å². The number of benzene rings is 1. The first-order valence-corrected chi connectivity index (χ1v) is 6.62. The highest BCUT2D eigenvalue weighted by molar-refractivity contribution is 5.82. The fourth-order valence-corrected chi connectivity index (χ4v) is 2.24. The van der Waals surface area contributed by atoms with Gasteiger partial charge in [0.2, 0.25) is 0 Å². The third kappa shape index (κ3) is 3.12. The SMILES string of the molecule is CCN(CC)CCc1cc2ccc([N+](=O)[O-])cc2[nH]1. The smallest absolute Gasteiger partial charge is 0.271 e. The second-order valence-electron chi connectivity index (χ2n) is 4.60. The summed E-state index contributed by atoms with van der Waals surface area (Å²) < 4.78 is 0. The van der Waals surface area contributed by atoms with E-state index in [1.165, 1.54) is 0 Å². The van der Waals surface area contributed by atoms with E-state index in [1.54, 1.807) is 18.2 Å². The maximum atomic E-state index is 10.7. The number of nitrogens with zero attached hydrogens (tertiary/aromatic N) is 2. The Labute approximate surface area is 112 Å². The van der Waals surface area contributed by atoms with Crippen molar-refractivity contribution < 1.29 is 4.92 Å². The molecule has 1 aromatic carbocycles. The van der Waals surface area contributed by atoms with Crippen molar-refractivity contribution in [2.45, 2.75) is 20.3 Å². The normalized spacial score (nSPS) is 11.3. The van der Waals surface area contributed by atoms with Crippen LogP contribution in [-0.2, 0) is 6.42 Å². The maximum absolute atomic E-state index is 10.7. The van der Waals surface area contributed by atoms with Crippen LogP contribution in [-0.4, -0.2) is 34.4 Å². The lowest BCUT2D eigenvalue weighted by Gasteiger charge is -2.16. The minimum atomic E-state index is -0.365. The average Bonchev–Trinajstić information content (AvgIpc) is 2.81. The van der Waals surface area contributed by atoms with Crippen molar-refractivity contribution in [1.29, 1.82) is 0 Å². The van der Waals surface area contributed by atoms with E-state index in [0.29, 0.717) is 0 Å². The molecular formula is C14H19N3O2. The molecule has 0 unspecified atom stereocenters. The lowest BCUT2D eigenvalue weighted by Crippen LogP contribution is -2.25. The fourth-order valence-electron chi connectivity index (χ4n) is 2.24. The van der Waals surface area contributed by atoms with Crippen molar-refractivity contribution >= 4 is 16.6 Å². The minimum absolute atomic E-state index is 0.129. The van der Waals surface area contributed by atoms with E-state index < -0.39 is 0 Å². The fraction of sp³-hybridized carbons (Fsp3) is 0.429. The molecule has 5 nitrogen and oxygen atoms in total. The summed E-state index contributed by atoms with van der Waals surface area (Å²) in [5, 5.41) is 11.8. The van der Waals surface area contributed by atoms with Gasteiger partial charge in [0.05, 0.1) is 10.4 Å². The summed E-state index contributed by atoms with van der Waals surface area (Å²) in [6.45, 7) is 7.39. The number of hydrogen-bond acceptors (Lipinski definition) is 3. The van der Waals surface area contributed by atoms with E-state index in [1.807, 2.05) is 0 Å². The zero-order valence-electron chi connectivity index (χ0n) is 11.3. The van der Waals surface area contributed by atoms with Crippen LogP contribution >= 0.6 is 0 Å². The molecule has 1 heterocycles. The predicted octanol–water partition coefficient (Wildman–Crippen LogP) is 2.96. The highest BCUT2D eigenvalue weighted by Gasteiger charge is 2.09. The number of nitro groups is 1. The quantitative estimate of drug-likeness (QED) is 0.642. The summed E-state index contributed by atoms with van der Waals surface area (Å²) in [5.41, 5.74) is 2.09. The molecule has 2 aromatic rings.